The van der Waals surface area contributed by atoms with Crippen molar-refractivity contribution >= 4 is 3.21 Å². The van der Waals surface area contributed by atoms with Crippen LogP contribution in [0, 0.1) is 0 Å². The molecule has 8 rings (SSSR count). The number of hydrogen-bond donors (Lipinski definition) is 0. The maximum absolute atomic E-state index is 2.85. The summed E-state index contributed by atoms with van der Waals surface area (Å²) in [6.45, 7) is 28.3. The summed E-state index contributed by atoms with van der Waals surface area (Å²) in [5.41, 5.74) is 19.9. The van der Waals surface area contributed by atoms with Crippen LogP contribution < -0.4 is 24.8 Å². The number of fused-ring (bicyclic) bond motifs is 3. The van der Waals surface area contributed by atoms with E-state index in [2.05, 4.69) is 235 Å². The second-order valence-corrected chi connectivity index (χ2v) is 29.0. The summed E-state index contributed by atoms with van der Waals surface area (Å²) in [6, 6.07) is 52.4. The topological polar surface area (TPSA) is 0 Å². The Morgan fingerprint density at radius 3 is 1.19 bits per heavy atom. The largest absolute Gasteiger partial charge is 1.00 e. The molecular formula is C61H68Cl2Zr. The predicted molar refractivity (Wildman–Crippen MR) is 267 cm³/mol. The van der Waals surface area contributed by atoms with Crippen molar-refractivity contribution in [1.82, 2.24) is 0 Å². The van der Waals surface area contributed by atoms with Crippen LogP contribution in [0.25, 0.3) is 33.4 Å². The molecule has 0 aromatic heterocycles. The summed E-state index contributed by atoms with van der Waals surface area (Å²) in [5.74, 6) is 0. The second kappa shape index (κ2) is 19.2. The third-order valence-electron chi connectivity index (χ3n) is 13.3. The SMILES string of the molecule is CC(C)(C)c1ccc(-c2cc3c(cc2C(C)(C)C)-c2cc(C(C)(C)C)c(-c4ccc(C(C)(C)C)cc4)cc2[CH]3[Zr+2]([C]2=CC=CC2)=[C](Cc2ccccc2)Cc2ccccc2)cc1.[Cl-].[Cl-]. The first-order valence-electron chi connectivity index (χ1n) is 23.0. The molecule has 0 bridgehead atoms. The molecule has 0 amide bonds. The van der Waals surface area contributed by atoms with E-state index in [1.54, 1.807) is 17.6 Å². The van der Waals surface area contributed by atoms with Crippen LogP contribution in [0.1, 0.15) is 138 Å². The fraction of sp³-hybridized carbons (Fsp3) is 0.328. The van der Waals surface area contributed by atoms with E-state index < -0.39 is 21.3 Å². The van der Waals surface area contributed by atoms with Crippen molar-refractivity contribution in [3.05, 3.63) is 199 Å². The van der Waals surface area contributed by atoms with E-state index in [4.69, 9.17) is 0 Å². The number of rotatable bonds is 8. The molecule has 0 heterocycles. The van der Waals surface area contributed by atoms with E-state index in [1.807, 2.05) is 0 Å². The van der Waals surface area contributed by atoms with E-state index in [1.165, 1.54) is 66.8 Å². The Bertz CT molecular complexity index is 2520. The quantitative estimate of drug-likeness (QED) is 0.143. The minimum atomic E-state index is -2.85. The first-order valence-corrected chi connectivity index (χ1v) is 26.9. The van der Waals surface area contributed by atoms with Gasteiger partial charge in [0.25, 0.3) is 0 Å². The molecule has 0 unspecified atom stereocenters. The Kier molecular flexibility index (Phi) is 14.8. The summed E-state index contributed by atoms with van der Waals surface area (Å²) in [5, 5.41) is 0. The molecule has 0 nitrogen and oxygen atoms in total. The molecule has 0 saturated carbocycles. The molecule has 3 heteroatoms. The van der Waals surface area contributed by atoms with Crippen molar-refractivity contribution in [3.8, 4) is 33.4 Å². The molecule has 64 heavy (non-hydrogen) atoms. The minimum absolute atomic E-state index is 0. The summed E-state index contributed by atoms with van der Waals surface area (Å²) in [4.78, 5) is 0. The van der Waals surface area contributed by atoms with Crippen LogP contribution in [-0.2, 0) is 55.8 Å². The molecule has 0 N–H and O–H groups in total. The van der Waals surface area contributed by atoms with Gasteiger partial charge >= 0.3 is 385 Å². The van der Waals surface area contributed by atoms with Gasteiger partial charge in [-0.3, -0.25) is 0 Å². The number of halogens is 2. The normalized spacial score (nSPS) is 13.6. The fourth-order valence-electron chi connectivity index (χ4n) is 9.87. The van der Waals surface area contributed by atoms with Gasteiger partial charge in [-0.05, 0) is 0 Å². The monoisotopic (exact) mass is 960 g/mol. The zero-order chi connectivity index (χ0) is 44.2. The van der Waals surface area contributed by atoms with Crippen LogP contribution in [0.4, 0.5) is 0 Å². The number of benzene rings is 6. The molecule has 0 aliphatic heterocycles. The minimum Gasteiger partial charge on any atom is -1.00 e. The van der Waals surface area contributed by atoms with E-state index in [0.717, 1.165) is 19.3 Å². The smallest absolute Gasteiger partial charge is 1.00 e. The molecule has 2 aliphatic carbocycles. The van der Waals surface area contributed by atoms with Gasteiger partial charge in [0.1, 0.15) is 0 Å². The standard InChI is InChI=1S/C41H49.C15H14.C5H5.2ClH.Zr/c1-38(2,3)30-17-13-26(14-18-30)34-22-28-21-29-23-35(27-15-19-31(20-16-27)39(4,5)6)37(41(10,11)12)25-33(29)32(28)24-36(34)40(7,8)9;1-3-8-14(9-4-1)12-7-13-15-10-5-2-6-11-15;1-2-4-5-3-1;;;/h13-25H,1-12H3;1-6,8-11H,12-13H2;1-3H,4H2;2*1H;/q;;;;;+2/p-2. The average Bonchev–Trinajstić information content (AvgIpc) is 3.86. The fourth-order valence-corrected chi connectivity index (χ4v) is 19.1. The first-order chi connectivity index (χ1) is 29.3. The Morgan fingerprint density at radius 2 is 0.859 bits per heavy atom. The summed E-state index contributed by atoms with van der Waals surface area (Å²) in [7, 11) is 0. The van der Waals surface area contributed by atoms with Crippen LogP contribution in [0.3, 0.4) is 0 Å². The van der Waals surface area contributed by atoms with Crippen LogP contribution in [-0.4, -0.2) is 3.21 Å². The van der Waals surface area contributed by atoms with Gasteiger partial charge in [0.05, 0.1) is 0 Å². The number of allylic oxidation sites excluding steroid dienone is 4. The third kappa shape index (κ3) is 10.4. The molecule has 0 spiro atoms. The van der Waals surface area contributed by atoms with Gasteiger partial charge in [0.15, 0.2) is 0 Å². The van der Waals surface area contributed by atoms with Crippen molar-refractivity contribution < 1.29 is 46.1 Å². The van der Waals surface area contributed by atoms with Crippen molar-refractivity contribution in [2.75, 3.05) is 0 Å². The second-order valence-electron chi connectivity index (χ2n) is 22.2. The molecular weight excluding hydrogens is 895 g/mol. The third-order valence-corrected chi connectivity index (χ3v) is 21.6. The van der Waals surface area contributed by atoms with Gasteiger partial charge in [0, 0.05) is 0 Å². The molecule has 0 radical (unpaired) electrons. The van der Waals surface area contributed by atoms with Crippen LogP contribution in [0.15, 0.2) is 155 Å². The Morgan fingerprint density at radius 1 is 0.469 bits per heavy atom. The molecule has 330 valence electrons. The van der Waals surface area contributed by atoms with Gasteiger partial charge < -0.3 is 24.8 Å². The maximum atomic E-state index is 2.69. The molecule has 0 atom stereocenters. The van der Waals surface area contributed by atoms with Gasteiger partial charge in [-0.1, -0.05) is 0 Å². The van der Waals surface area contributed by atoms with Crippen LogP contribution in [0.2, 0.25) is 0 Å². The van der Waals surface area contributed by atoms with Gasteiger partial charge in [0.2, 0.25) is 0 Å². The van der Waals surface area contributed by atoms with Crippen molar-refractivity contribution in [3.63, 3.8) is 0 Å². The van der Waals surface area contributed by atoms with Gasteiger partial charge in [-0.2, -0.15) is 0 Å². The summed E-state index contributed by atoms with van der Waals surface area (Å²) in [6.07, 6.45) is 10.4. The molecule has 6 aromatic carbocycles. The Labute approximate surface area is 406 Å². The van der Waals surface area contributed by atoms with Gasteiger partial charge in [-0.15, -0.1) is 0 Å². The van der Waals surface area contributed by atoms with Crippen molar-refractivity contribution in [1.29, 1.82) is 0 Å². The Hall–Kier alpha value is -3.87. The molecule has 6 aromatic rings. The zero-order valence-electron chi connectivity index (χ0n) is 40.4. The first kappa shape index (κ1) is 49.6. The molecule has 2 aliphatic rings. The summed E-state index contributed by atoms with van der Waals surface area (Å²) >= 11 is -2.85. The predicted octanol–water partition coefficient (Wildman–Crippen LogP) is 10.4. The van der Waals surface area contributed by atoms with Crippen LogP contribution in [0.5, 0.6) is 0 Å². The maximum Gasteiger partial charge on any atom is -1.00 e. The summed E-state index contributed by atoms with van der Waals surface area (Å²) < 4.78 is 3.82. The van der Waals surface area contributed by atoms with Gasteiger partial charge in [-0.25, -0.2) is 0 Å². The van der Waals surface area contributed by atoms with E-state index in [-0.39, 0.29) is 46.5 Å². The van der Waals surface area contributed by atoms with Crippen LogP contribution >= 0.6 is 0 Å². The zero-order valence-corrected chi connectivity index (χ0v) is 44.4. The van der Waals surface area contributed by atoms with Crippen molar-refractivity contribution in [2.24, 2.45) is 0 Å². The molecule has 0 fully saturated rings. The van der Waals surface area contributed by atoms with E-state index in [0.29, 0.717) is 3.63 Å². The van der Waals surface area contributed by atoms with E-state index in [9.17, 15) is 0 Å². The van der Waals surface area contributed by atoms with E-state index >= 15 is 0 Å². The molecule has 0 saturated heterocycles. The average molecular weight is 963 g/mol. The van der Waals surface area contributed by atoms with Crippen molar-refractivity contribution in [2.45, 2.75) is 128 Å². The number of hydrogen-bond acceptors (Lipinski definition) is 0. The Balaban J connectivity index is 0.00000340.